The number of hydrogen-bond acceptors (Lipinski definition) is 5. The number of pyridine rings is 2. The number of halogens is 1. The normalized spacial score (nSPS) is 11.0. The van der Waals surface area contributed by atoms with E-state index >= 15 is 0 Å². The third-order valence-electron chi connectivity index (χ3n) is 3.73. The molecule has 118 valence electrons. The van der Waals surface area contributed by atoms with Crippen LogP contribution < -0.4 is 5.56 Å². The van der Waals surface area contributed by atoms with E-state index in [-0.39, 0.29) is 5.56 Å². The molecule has 1 aromatic carbocycles. The van der Waals surface area contributed by atoms with Crippen molar-refractivity contribution in [2.75, 3.05) is 0 Å². The van der Waals surface area contributed by atoms with Crippen LogP contribution in [0.2, 0.25) is 5.02 Å². The Bertz CT molecular complexity index is 1070. The first kappa shape index (κ1) is 14.6. The summed E-state index contributed by atoms with van der Waals surface area (Å²) < 4.78 is 6.76. The second-order valence-electron chi connectivity index (χ2n) is 5.23. The monoisotopic (exact) mass is 338 g/mol. The first-order chi connectivity index (χ1) is 11.7. The van der Waals surface area contributed by atoms with Crippen molar-refractivity contribution in [1.82, 2.24) is 19.7 Å². The van der Waals surface area contributed by atoms with Gasteiger partial charge in [0.05, 0.1) is 17.6 Å². The molecule has 3 aromatic heterocycles. The minimum atomic E-state index is -0.128. The average molecular weight is 339 g/mol. The van der Waals surface area contributed by atoms with Gasteiger partial charge in [0.1, 0.15) is 0 Å². The van der Waals surface area contributed by atoms with Crippen LogP contribution in [0, 0.1) is 0 Å². The van der Waals surface area contributed by atoms with E-state index < -0.39 is 0 Å². The first-order valence-electron chi connectivity index (χ1n) is 7.21. The van der Waals surface area contributed by atoms with Gasteiger partial charge >= 0.3 is 0 Å². The number of nitrogens with zero attached hydrogens (tertiary/aromatic N) is 4. The van der Waals surface area contributed by atoms with Gasteiger partial charge in [-0.2, -0.15) is 0 Å². The summed E-state index contributed by atoms with van der Waals surface area (Å²) in [6, 6.07) is 10.6. The quantitative estimate of drug-likeness (QED) is 0.573. The molecule has 3 heterocycles. The van der Waals surface area contributed by atoms with Gasteiger partial charge < -0.3 is 8.98 Å². The SMILES string of the molecule is O=c1ccc(-c2nnco2)cn1Cc1ccc(Cl)c2cccnc12. The van der Waals surface area contributed by atoms with E-state index in [2.05, 4.69) is 15.2 Å². The van der Waals surface area contributed by atoms with Gasteiger partial charge in [0, 0.05) is 28.9 Å². The Balaban J connectivity index is 1.80. The third-order valence-corrected chi connectivity index (χ3v) is 4.06. The zero-order chi connectivity index (χ0) is 16.5. The fraction of sp³-hybridized carbons (Fsp3) is 0.0588. The van der Waals surface area contributed by atoms with E-state index in [4.69, 9.17) is 16.0 Å². The molecule has 0 bridgehead atoms. The molecule has 6 nitrogen and oxygen atoms in total. The Morgan fingerprint density at radius 1 is 1.17 bits per heavy atom. The maximum atomic E-state index is 12.2. The van der Waals surface area contributed by atoms with Gasteiger partial charge in [0.25, 0.3) is 5.56 Å². The minimum absolute atomic E-state index is 0.128. The molecule has 24 heavy (non-hydrogen) atoms. The van der Waals surface area contributed by atoms with Crippen molar-refractivity contribution in [2.45, 2.75) is 6.54 Å². The standard InChI is InChI=1S/C17H11ClN4O2/c18-14-5-3-11(16-13(14)2-1-7-19-16)8-22-9-12(4-6-15(22)23)17-21-20-10-24-17/h1-7,9-10H,8H2. The Morgan fingerprint density at radius 3 is 2.92 bits per heavy atom. The van der Waals surface area contributed by atoms with Crippen LogP contribution in [-0.4, -0.2) is 19.7 Å². The Morgan fingerprint density at radius 2 is 2.08 bits per heavy atom. The molecule has 0 amide bonds. The van der Waals surface area contributed by atoms with Crippen LogP contribution >= 0.6 is 11.6 Å². The smallest absolute Gasteiger partial charge is 0.250 e. The first-order valence-corrected chi connectivity index (χ1v) is 7.59. The summed E-state index contributed by atoms with van der Waals surface area (Å²) >= 11 is 6.22. The summed E-state index contributed by atoms with van der Waals surface area (Å²) in [6.45, 7) is 0.367. The average Bonchev–Trinajstić information content (AvgIpc) is 3.14. The summed E-state index contributed by atoms with van der Waals surface area (Å²) in [5, 5.41) is 9.01. The van der Waals surface area contributed by atoms with Crippen molar-refractivity contribution < 1.29 is 4.42 Å². The summed E-state index contributed by atoms with van der Waals surface area (Å²) in [6.07, 6.45) is 4.65. The van der Waals surface area contributed by atoms with Gasteiger partial charge in [0.15, 0.2) is 0 Å². The Labute approximate surface area is 141 Å². The molecule has 0 saturated carbocycles. The summed E-state index contributed by atoms with van der Waals surface area (Å²) in [5.41, 5.74) is 2.23. The van der Waals surface area contributed by atoms with Crippen LogP contribution in [-0.2, 0) is 6.54 Å². The highest BCUT2D eigenvalue weighted by Gasteiger charge is 2.10. The third kappa shape index (κ3) is 2.57. The summed E-state index contributed by atoms with van der Waals surface area (Å²) in [7, 11) is 0. The Hall–Kier alpha value is -2.99. The van der Waals surface area contributed by atoms with E-state index in [1.165, 1.54) is 12.5 Å². The summed E-state index contributed by atoms with van der Waals surface area (Å²) in [5.74, 6) is 0.364. The summed E-state index contributed by atoms with van der Waals surface area (Å²) in [4.78, 5) is 16.6. The Kier molecular flexibility index (Phi) is 3.59. The molecule has 0 unspecified atom stereocenters. The fourth-order valence-corrected chi connectivity index (χ4v) is 2.80. The van der Waals surface area contributed by atoms with Crippen LogP contribution in [0.25, 0.3) is 22.4 Å². The molecule has 0 aliphatic carbocycles. The van der Waals surface area contributed by atoms with Crippen molar-refractivity contribution in [3.05, 3.63) is 76.1 Å². The fourth-order valence-electron chi connectivity index (χ4n) is 2.59. The van der Waals surface area contributed by atoms with Crippen molar-refractivity contribution in [3.63, 3.8) is 0 Å². The number of rotatable bonds is 3. The molecule has 4 rings (SSSR count). The van der Waals surface area contributed by atoms with E-state index in [1.54, 1.807) is 23.0 Å². The molecular formula is C17H11ClN4O2. The highest BCUT2D eigenvalue weighted by Crippen LogP contribution is 2.25. The van der Waals surface area contributed by atoms with Crippen molar-refractivity contribution in [1.29, 1.82) is 0 Å². The minimum Gasteiger partial charge on any atom is -0.423 e. The predicted molar refractivity (Wildman–Crippen MR) is 89.8 cm³/mol. The maximum Gasteiger partial charge on any atom is 0.250 e. The zero-order valence-electron chi connectivity index (χ0n) is 12.4. The van der Waals surface area contributed by atoms with E-state index in [0.29, 0.717) is 23.0 Å². The van der Waals surface area contributed by atoms with Gasteiger partial charge in [-0.15, -0.1) is 10.2 Å². The van der Waals surface area contributed by atoms with Crippen LogP contribution in [0.3, 0.4) is 0 Å². The van der Waals surface area contributed by atoms with Gasteiger partial charge in [-0.05, 0) is 29.8 Å². The lowest BCUT2D eigenvalue weighted by Crippen LogP contribution is -2.19. The molecule has 4 aromatic rings. The molecule has 0 aliphatic rings. The number of hydrogen-bond donors (Lipinski definition) is 0. The number of fused-ring (bicyclic) bond motifs is 1. The van der Waals surface area contributed by atoms with Crippen molar-refractivity contribution in [3.8, 4) is 11.5 Å². The second kappa shape index (κ2) is 5.90. The van der Waals surface area contributed by atoms with E-state index in [1.807, 2.05) is 24.3 Å². The highest BCUT2D eigenvalue weighted by molar-refractivity contribution is 6.35. The molecule has 0 radical (unpaired) electrons. The number of benzene rings is 1. The molecule has 0 aliphatic heterocycles. The highest BCUT2D eigenvalue weighted by atomic mass is 35.5. The topological polar surface area (TPSA) is 73.8 Å². The molecular weight excluding hydrogens is 328 g/mol. The lowest BCUT2D eigenvalue weighted by molar-refractivity contribution is 0.567. The van der Waals surface area contributed by atoms with Gasteiger partial charge in [0.2, 0.25) is 12.3 Å². The van der Waals surface area contributed by atoms with Crippen LogP contribution in [0.4, 0.5) is 0 Å². The van der Waals surface area contributed by atoms with Gasteiger partial charge in [-0.3, -0.25) is 9.78 Å². The van der Waals surface area contributed by atoms with Gasteiger partial charge in [-0.1, -0.05) is 17.7 Å². The predicted octanol–water partition coefficient (Wildman–Crippen LogP) is 3.15. The van der Waals surface area contributed by atoms with Gasteiger partial charge in [-0.25, -0.2) is 0 Å². The maximum absolute atomic E-state index is 12.2. The molecule has 0 spiro atoms. The van der Waals surface area contributed by atoms with Crippen LogP contribution in [0.1, 0.15) is 5.56 Å². The second-order valence-corrected chi connectivity index (χ2v) is 5.64. The van der Waals surface area contributed by atoms with Crippen LogP contribution in [0.5, 0.6) is 0 Å². The largest absolute Gasteiger partial charge is 0.423 e. The van der Waals surface area contributed by atoms with E-state index in [9.17, 15) is 4.79 Å². The molecule has 0 atom stereocenters. The van der Waals surface area contributed by atoms with Crippen molar-refractivity contribution in [2.24, 2.45) is 0 Å². The molecule has 7 heteroatoms. The molecule has 0 saturated heterocycles. The molecule has 0 N–H and O–H groups in total. The lowest BCUT2D eigenvalue weighted by atomic mass is 10.1. The van der Waals surface area contributed by atoms with Crippen LogP contribution in [0.15, 0.2) is 64.4 Å². The molecule has 0 fully saturated rings. The lowest BCUT2D eigenvalue weighted by Gasteiger charge is -2.10. The zero-order valence-corrected chi connectivity index (χ0v) is 13.1. The van der Waals surface area contributed by atoms with Crippen molar-refractivity contribution >= 4 is 22.5 Å². The van der Waals surface area contributed by atoms with E-state index in [0.717, 1.165) is 16.5 Å². The number of aromatic nitrogens is 4.